The number of alkyl halides is 3. The van der Waals surface area contributed by atoms with Gasteiger partial charge in [-0.15, -0.1) is 13.2 Å². The normalized spacial score (nSPS) is 19.7. The summed E-state index contributed by atoms with van der Waals surface area (Å²) in [6.07, 6.45) is -3.42. The van der Waals surface area contributed by atoms with Crippen LogP contribution in [0.25, 0.3) is 0 Å². The first kappa shape index (κ1) is 21.2. The Bertz CT molecular complexity index is 1150. The third-order valence-electron chi connectivity index (χ3n) is 5.33. The van der Waals surface area contributed by atoms with Crippen molar-refractivity contribution in [2.75, 3.05) is 6.61 Å². The van der Waals surface area contributed by atoms with E-state index < -0.39 is 23.4 Å². The lowest BCUT2D eigenvalue weighted by Gasteiger charge is -2.14. The van der Waals surface area contributed by atoms with Gasteiger partial charge in [-0.25, -0.2) is 4.79 Å². The first-order valence-electron chi connectivity index (χ1n) is 9.73. The molecule has 0 amide bonds. The van der Waals surface area contributed by atoms with Crippen LogP contribution in [0.2, 0.25) is 0 Å². The number of ether oxygens (including phenoxy) is 2. The van der Waals surface area contributed by atoms with Crippen LogP contribution in [0.3, 0.4) is 0 Å². The van der Waals surface area contributed by atoms with Crippen LogP contribution in [0.1, 0.15) is 18.4 Å². The summed E-state index contributed by atoms with van der Waals surface area (Å²) in [7, 11) is 1.49. The summed E-state index contributed by atoms with van der Waals surface area (Å²) in [5.74, 6) is 0.101. The molecule has 0 spiro atoms. The Balaban J connectivity index is 1.70. The number of aliphatic imine (C=N–C) groups is 1. The smallest absolute Gasteiger partial charge is 0.442 e. The molecular weight excluding hydrogens is 419 g/mol. The molecule has 2 aliphatic rings. The van der Waals surface area contributed by atoms with Crippen molar-refractivity contribution in [1.29, 1.82) is 0 Å². The minimum absolute atomic E-state index is 0.0890. The fourth-order valence-electron chi connectivity index (χ4n) is 3.75. The highest BCUT2D eigenvalue weighted by Gasteiger charge is 2.46. The van der Waals surface area contributed by atoms with E-state index in [1.807, 2.05) is 0 Å². The van der Waals surface area contributed by atoms with Crippen LogP contribution in [-0.2, 0) is 20.0 Å². The lowest BCUT2D eigenvalue weighted by atomic mass is 10.1. The van der Waals surface area contributed by atoms with Gasteiger partial charge in [-0.3, -0.25) is 13.9 Å². The summed E-state index contributed by atoms with van der Waals surface area (Å²) in [4.78, 5) is 29.9. The van der Waals surface area contributed by atoms with Gasteiger partial charge in [0.05, 0.1) is 5.56 Å². The van der Waals surface area contributed by atoms with Crippen LogP contribution < -0.4 is 20.7 Å². The molecule has 1 aliphatic carbocycles. The average molecular weight is 439 g/mol. The summed E-state index contributed by atoms with van der Waals surface area (Å²) in [6, 6.07) is 5.09. The summed E-state index contributed by atoms with van der Waals surface area (Å²) < 4.78 is 49.5. The van der Waals surface area contributed by atoms with Gasteiger partial charge >= 0.3 is 12.1 Å². The van der Waals surface area contributed by atoms with Crippen LogP contribution >= 0.6 is 0 Å². The van der Waals surface area contributed by atoms with E-state index in [0.717, 1.165) is 23.1 Å². The van der Waals surface area contributed by atoms with Crippen LogP contribution in [-0.4, -0.2) is 33.1 Å². The Hall–Kier alpha value is -3.08. The SMILES string of the molecule is Cn1c2c(c(=O)n(CCCO)c1=O)C[C@H]1CC1C(Oc1cccc(OC(F)(F)F)c1)=N2. The van der Waals surface area contributed by atoms with Gasteiger partial charge in [0.15, 0.2) is 5.90 Å². The maximum Gasteiger partial charge on any atom is 0.573 e. The quantitative estimate of drug-likeness (QED) is 0.770. The third-order valence-corrected chi connectivity index (χ3v) is 5.33. The molecule has 11 heteroatoms. The van der Waals surface area contributed by atoms with Crippen molar-refractivity contribution in [2.45, 2.75) is 32.2 Å². The van der Waals surface area contributed by atoms with Gasteiger partial charge in [-0.05, 0) is 37.3 Å². The molecule has 1 fully saturated rings. The monoisotopic (exact) mass is 439 g/mol. The summed E-state index contributed by atoms with van der Waals surface area (Å²) in [6.45, 7) is -0.0485. The standard InChI is InChI=1S/C20H20F3N3O5/c1-25-16-15(18(28)26(19(25)29)6-3-7-27)9-11-8-14(11)17(24-16)30-12-4-2-5-13(10-12)31-20(21,22)23/h2,4-5,10-11,14,27H,3,6-9H2,1H3/t11-,14?/m1/s1. The first-order chi connectivity index (χ1) is 14.7. The number of aliphatic hydroxyl groups excluding tert-OH is 1. The van der Waals surface area contributed by atoms with Crippen LogP contribution in [0.5, 0.6) is 11.5 Å². The van der Waals surface area contributed by atoms with Crippen LogP contribution in [0.4, 0.5) is 19.0 Å². The maximum atomic E-state index is 12.9. The van der Waals surface area contributed by atoms with Crippen LogP contribution in [0, 0.1) is 11.8 Å². The van der Waals surface area contributed by atoms with Crippen molar-refractivity contribution in [3.63, 3.8) is 0 Å². The molecule has 1 N–H and O–H groups in total. The zero-order valence-electron chi connectivity index (χ0n) is 16.6. The first-order valence-corrected chi connectivity index (χ1v) is 9.73. The average Bonchev–Trinajstić information content (AvgIpc) is 3.47. The summed E-state index contributed by atoms with van der Waals surface area (Å²) in [5.41, 5.74) is -0.612. The van der Waals surface area contributed by atoms with Gasteiger partial charge in [-0.1, -0.05) is 6.07 Å². The van der Waals surface area contributed by atoms with Crippen molar-refractivity contribution in [3.05, 3.63) is 50.7 Å². The highest BCUT2D eigenvalue weighted by molar-refractivity contribution is 5.87. The summed E-state index contributed by atoms with van der Waals surface area (Å²) >= 11 is 0. The molecule has 1 aliphatic heterocycles. The molecule has 31 heavy (non-hydrogen) atoms. The molecule has 8 nitrogen and oxygen atoms in total. The molecule has 0 saturated heterocycles. The Morgan fingerprint density at radius 2 is 2.00 bits per heavy atom. The van der Waals surface area contributed by atoms with Gasteiger partial charge in [0.2, 0.25) is 0 Å². The molecule has 1 aromatic heterocycles. The number of nitrogens with zero attached hydrogens (tertiary/aromatic N) is 3. The van der Waals surface area contributed by atoms with Crippen molar-refractivity contribution >= 4 is 11.7 Å². The molecule has 0 radical (unpaired) electrons. The van der Waals surface area contributed by atoms with E-state index in [-0.39, 0.29) is 48.9 Å². The second-order valence-corrected chi connectivity index (χ2v) is 7.56. The van der Waals surface area contributed by atoms with E-state index in [1.54, 1.807) is 0 Å². The molecule has 1 aromatic carbocycles. The molecule has 2 heterocycles. The predicted octanol–water partition coefficient (Wildman–Crippen LogP) is 2.13. The summed E-state index contributed by atoms with van der Waals surface area (Å²) in [5, 5.41) is 9.03. The minimum Gasteiger partial charge on any atom is -0.442 e. The Morgan fingerprint density at radius 3 is 2.71 bits per heavy atom. The largest absolute Gasteiger partial charge is 0.573 e. The number of benzene rings is 1. The Labute approximate surface area is 174 Å². The van der Waals surface area contributed by atoms with Gasteiger partial charge in [0, 0.05) is 32.2 Å². The topological polar surface area (TPSA) is 95.0 Å². The number of hydrogen-bond donors (Lipinski definition) is 1. The lowest BCUT2D eigenvalue weighted by molar-refractivity contribution is -0.274. The Morgan fingerprint density at radius 1 is 1.26 bits per heavy atom. The molecule has 2 aromatic rings. The fraction of sp³-hybridized carbons (Fsp3) is 0.450. The van der Waals surface area contributed by atoms with Gasteiger partial charge in [0.25, 0.3) is 5.56 Å². The number of halogens is 3. The maximum absolute atomic E-state index is 12.9. The molecule has 166 valence electrons. The second-order valence-electron chi connectivity index (χ2n) is 7.56. The minimum atomic E-state index is -4.83. The molecule has 1 saturated carbocycles. The fourth-order valence-corrected chi connectivity index (χ4v) is 3.75. The molecule has 4 rings (SSSR count). The van der Waals surface area contributed by atoms with Gasteiger partial charge < -0.3 is 14.6 Å². The molecule has 0 bridgehead atoms. The number of aromatic nitrogens is 2. The zero-order chi connectivity index (χ0) is 22.3. The number of aliphatic hydroxyl groups is 1. The number of rotatable bonds is 5. The Kier molecular flexibility index (Phi) is 5.38. The van der Waals surface area contributed by atoms with Crippen molar-refractivity contribution in [2.24, 2.45) is 23.9 Å². The van der Waals surface area contributed by atoms with E-state index >= 15 is 0 Å². The van der Waals surface area contributed by atoms with Crippen LogP contribution in [0.15, 0.2) is 38.8 Å². The van der Waals surface area contributed by atoms with Crippen molar-refractivity contribution < 1.29 is 27.8 Å². The van der Waals surface area contributed by atoms with Crippen molar-refractivity contribution in [1.82, 2.24) is 9.13 Å². The van der Waals surface area contributed by atoms with Gasteiger partial charge in [0.1, 0.15) is 17.3 Å². The molecule has 1 unspecified atom stereocenters. The van der Waals surface area contributed by atoms with E-state index in [1.165, 1.54) is 23.7 Å². The van der Waals surface area contributed by atoms with E-state index in [4.69, 9.17) is 9.84 Å². The number of fused-ring (bicyclic) bond motifs is 2. The molecule has 2 atom stereocenters. The lowest BCUT2D eigenvalue weighted by Crippen LogP contribution is -2.41. The van der Waals surface area contributed by atoms with Gasteiger partial charge in [-0.2, -0.15) is 4.99 Å². The predicted molar refractivity (Wildman–Crippen MR) is 104 cm³/mol. The second kappa shape index (κ2) is 7.88. The van der Waals surface area contributed by atoms with E-state index in [9.17, 15) is 22.8 Å². The highest BCUT2D eigenvalue weighted by Crippen LogP contribution is 2.46. The zero-order valence-corrected chi connectivity index (χ0v) is 16.6. The third kappa shape index (κ3) is 4.36. The van der Waals surface area contributed by atoms with E-state index in [2.05, 4.69) is 9.73 Å². The highest BCUT2D eigenvalue weighted by atomic mass is 19.4. The number of hydrogen-bond acceptors (Lipinski definition) is 6. The molecular formula is C20H20F3N3O5. The van der Waals surface area contributed by atoms with Crippen molar-refractivity contribution in [3.8, 4) is 11.5 Å². The van der Waals surface area contributed by atoms with E-state index in [0.29, 0.717) is 12.0 Å².